The highest BCUT2D eigenvalue weighted by Gasteiger charge is 2.29. The first-order chi connectivity index (χ1) is 12.7. The Morgan fingerprint density at radius 1 is 1.31 bits per heavy atom. The van der Waals surface area contributed by atoms with Crippen LogP contribution in [0.1, 0.15) is 36.1 Å². The lowest BCUT2D eigenvalue weighted by atomic mass is 10.0. The van der Waals surface area contributed by atoms with Crippen molar-refractivity contribution < 1.29 is 4.79 Å². The molecule has 1 aliphatic heterocycles. The van der Waals surface area contributed by atoms with Crippen LogP contribution in [0.15, 0.2) is 35.8 Å². The summed E-state index contributed by atoms with van der Waals surface area (Å²) < 4.78 is 0. The Hall–Kier alpha value is -2.74. The van der Waals surface area contributed by atoms with Crippen molar-refractivity contribution in [3.05, 3.63) is 46.7 Å². The molecule has 0 bridgehead atoms. The van der Waals surface area contributed by atoms with Gasteiger partial charge in [0.15, 0.2) is 5.82 Å². The summed E-state index contributed by atoms with van der Waals surface area (Å²) in [6.45, 7) is 2.62. The van der Waals surface area contributed by atoms with Crippen molar-refractivity contribution in [2.24, 2.45) is 0 Å². The number of carbonyl (C=O) groups excluding carboxylic acids is 1. The first-order valence-corrected chi connectivity index (χ1v) is 9.55. The quantitative estimate of drug-likeness (QED) is 0.732. The van der Waals surface area contributed by atoms with Crippen LogP contribution in [-0.4, -0.2) is 37.6 Å². The van der Waals surface area contributed by atoms with Gasteiger partial charge in [0, 0.05) is 29.4 Å². The third-order valence-electron chi connectivity index (χ3n) is 4.49. The van der Waals surface area contributed by atoms with Gasteiger partial charge in [0.05, 0.1) is 6.04 Å². The number of hydrogen-bond donors (Lipinski definition) is 2. The number of amides is 2. The molecule has 1 saturated heterocycles. The van der Waals surface area contributed by atoms with E-state index in [0.29, 0.717) is 5.82 Å². The molecule has 2 N–H and O–H groups in total. The van der Waals surface area contributed by atoms with Crippen molar-refractivity contribution in [1.82, 2.24) is 25.1 Å². The fourth-order valence-corrected chi connectivity index (χ4v) is 3.99. The van der Waals surface area contributed by atoms with E-state index in [9.17, 15) is 4.79 Å². The average Bonchev–Trinajstić information content (AvgIpc) is 3.34. The van der Waals surface area contributed by atoms with E-state index in [1.54, 1.807) is 17.5 Å². The molecule has 2 aromatic heterocycles. The van der Waals surface area contributed by atoms with Crippen molar-refractivity contribution in [3.63, 3.8) is 0 Å². The molecule has 0 saturated carbocycles. The predicted molar refractivity (Wildman–Crippen MR) is 101 cm³/mol. The number of hydrogen-bond acceptors (Lipinski definition) is 5. The molecule has 0 unspecified atom stereocenters. The van der Waals surface area contributed by atoms with Gasteiger partial charge in [-0.1, -0.05) is 0 Å². The average molecular weight is 368 g/mol. The highest BCUT2D eigenvalue weighted by Crippen LogP contribution is 2.32. The number of aryl methyl sites for hydroxylation is 1. The zero-order valence-electron chi connectivity index (χ0n) is 14.5. The number of thiazole rings is 1. The summed E-state index contributed by atoms with van der Waals surface area (Å²) in [6, 6.07) is 7.56. The minimum Gasteiger partial charge on any atom is -0.315 e. The normalized spacial score (nSPS) is 17.3. The second-order valence-corrected chi connectivity index (χ2v) is 7.25. The van der Waals surface area contributed by atoms with Crippen molar-refractivity contribution in [2.75, 3.05) is 11.9 Å². The van der Waals surface area contributed by atoms with Gasteiger partial charge in [-0.15, -0.1) is 11.3 Å². The first kappa shape index (κ1) is 16.7. The number of nitrogens with one attached hydrogen (secondary N) is 2. The lowest BCUT2D eigenvalue weighted by molar-refractivity contribution is 0.163. The van der Waals surface area contributed by atoms with Crippen LogP contribution in [0.4, 0.5) is 10.5 Å². The van der Waals surface area contributed by atoms with Crippen LogP contribution in [0.2, 0.25) is 0 Å². The topological polar surface area (TPSA) is 86.8 Å². The van der Waals surface area contributed by atoms with Crippen LogP contribution in [0, 0.1) is 6.92 Å². The summed E-state index contributed by atoms with van der Waals surface area (Å²) in [4.78, 5) is 23.4. The van der Waals surface area contributed by atoms with E-state index >= 15 is 0 Å². The second kappa shape index (κ2) is 7.25. The third-order valence-corrected chi connectivity index (χ3v) is 5.37. The van der Waals surface area contributed by atoms with Gasteiger partial charge < -0.3 is 10.2 Å². The number of nitrogens with zero attached hydrogens (tertiary/aromatic N) is 4. The number of aromatic amines is 1. The van der Waals surface area contributed by atoms with Crippen molar-refractivity contribution in [2.45, 2.75) is 32.2 Å². The van der Waals surface area contributed by atoms with E-state index in [4.69, 9.17) is 0 Å². The Kier molecular flexibility index (Phi) is 4.66. The first-order valence-electron chi connectivity index (χ1n) is 8.67. The van der Waals surface area contributed by atoms with E-state index in [1.165, 1.54) is 0 Å². The monoisotopic (exact) mass is 368 g/mol. The van der Waals surface area contributed by atoms with Crippen molar-refractivity contribution in [3.8, 4) is 11.4 Å². The van der Waals surface area contributed by atoms with Crippen molar-refractivity contribution >= 4 is 23.1 Å². The molecule has 1 fully saturated rings. The fourth-order valence-electron chi connectivity index (χ4n) is 3.20. The van der Waals surface area contributed by atoms with Gasteiger partial charge in [-0.3, -0.25) is 5.10 Å². The van der Waals surface area contributed by atoms with Crippen LogP contribution in [0.25, 0.3) is 11.4 Å². The van der Waals surface area contributed by atoms with E-state index < -0.39 is 0 Å². The van der Waals surface area contributed by atoms with E-state index in [1.807, 2.05) is 41.5 Å². The lowest BCUT2D eigenvalue weighted by Crippen LogP contribution is -2.41. The van der Waals surface area contributed by atoms with Crippen LogP contribution >= 0.6 is 11.3 Å². The molecule has 7 nitrogen and oxygen atoms in total. The number of anilines is 1. The summed E-state index contributed by atoms with van der Waals surface area (Å²) in [5.74, 6) is 1.43. The maximum absolute atomic E-state index is 12.8. The zero-order valence-corrected chi connectivity index (χ0v) is 15.3. The Morgan fingerprint density at radius 3 is 2.85 bits per heavy atom. The summed E-state index contributed by atoms with van der Waals surface area (Å²) in [6.07, 6.45) is 4.91. The molecule has 4 rings (SSSR count). The number of benzene rings is 1. The second-order valence-electron chi connectivity index (χ2n) is 6.33. The van der Waals surface area contributed by atoms with Gasteiger partial charge in [0.2, 0.25) is 0 Å². The number of carbonyl (C=O) groups is 1. The molecule has 1 aliphatic rings. The van der Waals surface area contributed by atoms with Gasteiger partial charge in [0.25, 0.3) is 0 Å². The Morgan fingerprint density at radius 2 is 2.15 bits per heavy atom. The molecule has 26 heavy (non-hydrogen) atoms. The highest BCUT2D eigenvalue weighted by atomic mass is 32.1. The molecule has 3 aromatic rings. The number of rotatable bonds is 3. The molecule has 0 spiro atoms. The molecule has 2 amide bonds. The highest BCUT2D eigenvalue weighted by molar-refractivity contribution is 7.09. The Labute approximate surface area is 155 Å². The lowest BCUT2D eigenvalue weighted by Gasteiger charge is -2.34. The number of aromatic nitrogens is 4. The summed E-state index contributed by atoms with van der Waals surface area (Å²) in [5, 5.41) is 13.0. The maximum Gasteiger partial charge on any atom is 0.322 e. The van der Waals surface area contributed by atoms with Gasteiger partial charge in [-0.05, 0) is 50.5 Å². The Balaban J connectivity index is 1.46. The summed E-state index contributed by atoms with van der Waals surface area (Å²) >= 11 is 1.61. The number of piperidine rings is 1. The smallest absolute Gasteiger partial charge is 0.315 e. The van der Waals surface area contributed by atoms with Gasteiger partial charge >= 0.3 is 6.03 Å². The molecule has 0 radical (unpaired) electrons. The van der Waals surface area contributed by atoms with Crippen LogP contribution < -0.4 is 5.32 Å². The summed E-state index contributed by atoms with van der Waals surface area (Å²) in [5.41, 5.74) is 1.67. The van der Waals surface area contributed by atoms with Crippen LogP contribution in [0.5, 0.6) is 0 Å². The predicted octanol–water partition coefficient (Wildman–Crippen LogP) is 4.00. The molecule has 8 heteroatoms. The fraction of sp³-hybridized carbons (Fsp3) is 0.333. The van der Waals surface area contributed by atoms with Crippen LogP contribution in [0.3, 0.4) is 0 Å². The van der Waals surface area contributed by atoms with E-state index in [2.05, 4.69) is 25.5 Å². The minimum atomic E-state index is -0.0774. The molecule has 0 aliphatic carbocycles. The molecule has 3 heterocycles. The largest absolute Gasteiger partial charge is 0.322 e. The standard InChI is InChI=1S/C18H20N6OS/c1-12-20-16(23-22-12)13-5-7-14(8-6-13)21-18(25)24-10-3-2-4-15(24)17-19-9-11-26-17/h5-9,11,15H,2-4,10H2,1H3,(H,21,25)(H,20,22,23)/t15-/m0/s1. The molecule has 1 atom stereocenters. The Bertz CT molecular complexity index is 873. The molecule has 1 aromatic carbocycles. The molecular weight excluding hydrogens is 348 g/mol. The SMILES string of the molecule is Cc1nc(-c2ccc(NC(=O)N3CCCC[C@H]3c3nccs3)cc2)n[nH]1. The van der Waals surface area contributed by atoms with Gasteiger partial charge in [0.1, 0.15) is 10.8 Å². The van der Waals surface area contributed by atoms with Crippen LogP contribution in [-0.2, 0) is 0 Å². The summed E-state index contributed by atoms with van der Waals surface area (Å²) in [7, 11) is 0. The zero-order chi connectivity index (χ0) is 17.9. The maximum atomic E-state index is 12.8. The van der Waals surface area contributed by atoms with E-state index in [0.717, 1.165) is 47.9 Å². The number of likely N-dealkylation sites (tertiary alicyclic amines) is 1. The minimum absolute atomic E-state index is 0.0688. The van der Waals surface area contributed by atoms with Gasteiger partial charge in [-0.2, -0.15) is 5.10 Å². The molecule has 134 valence electrons. The van der Waals surface area contributed by atoms with Gasteiger partial charge in [-0.25, -0.2) is 14.8 Å². The third kappa shape index (κ3) is 3.45. The van der Waals surface area contributed by atoms with Crippen molar-refractivity contribution in [1.29, 1.82) is 0 Å². The number of urea groups is 1. The number of H-pyrrole nitrogens is 1. The van der Waals surface area contributed by atoms with E-state index in [-0.39, 0.29) is 12.1 Å². The molecular formula is C18H20N6OS.